The lowest BCUT2D eigenvalue weighted by atomic mass is 10.1. The van der Waals surface area contributed by atoms with Crippen molar-refractivity contribution >= 4 is 21.7 Å². The second kappa shape index (κ2) is 6.39. The van der Waals surface area contributed by atoms with Crippen LogP contribution in [-0.2, 0) is 22.7 Å². The molecule has 0 bridgehead atoms. The summed E-state index contributed by atoms with van der Waals surface area (Å²) < 4.78 is 66.7. The number of hydrogen-bond donors (Lipinski definition) is 2. The maximum absolute atomic E-state index is 13.2. The van der Waals surface area contributed by atoms with Crippen molar-refractivity contribution in [3.8, 4) is 0 Å². The fraction of sp³-hybridized carbons (Fsp3) is 0.286. The Kier molecular flexibility index (Phi) is 4.80. The summed E-state index contributed by atoms with van der Waals surface area (Å²) in [4.78, 5) is 10.6. The summed E-state index contributed by atoms with van der Waals surface area (Å²) in [5.41, 5.74) is -1.85. The van der Waals surface area contributed by atoms with Gasteiger partial charge in [0.1, 0.15) is 0 Å². The minimum absolute atomic E-state index is 0.0943. The second-order valence-corrected chi connectivity index (χ2v) is 6.79. The molecule has 11 heteroatoms. The average molecular weight is 377 g/mol. The number of rotatable bonds is 5. The van der Waals surface area contributed by atoms with E-state index in [0.29, 0.717) is 4.68 Å². The summed E-state index contributed by atoms with van der Waals surface area (Å²) >= 11 is 0. The van der Waals surface area contributed by atoms with Crippen LogP contribution in [0.3, 0.4) is 0 Å². The van der Waals surface area contributed by atoms with Crippen LogP contribution in [0.4, 0.5) is 18.9 Å². The van der Waals surface area contributed by atoms with E-state index >= 15 is 0 Å². The van der Waals surface area contributed by atoms with Crippen LogP contribution >= 0.6 is 0 Å². The van der Waals surface area contributed by atoms with Crippen molar-refractivity contribution in [2.45, 2.75) is 31.5 Å². The summed E-state index contributed by atoms with van der Waals surface area (Å²) in [5, 5.41) is 12.5. The highest BCUT2D eigenvalue weighted by molar-refractivity contribution is 7.92. The molecule has 0 amide bonds. The molecule has 0 fully saturated rings. The first-order chi connectivity index (χ1) is 11.5. The number of carboxylic acids is 1. The molecule has 2 N–H and O–H groups in total. The monoisotopic (exact) mass is 377 g/mol. The smallest absolute Gasteiger partial charge is 0.435 e. The fourth-order valence-electron chi connectivity index (χ4n) is 2.25. The van der Waals surface area contributed by atoms with Gasteiger partial charge in [0, 0.05) is 6.54 Å². The van der Waals surface area contributed by atoms with E-state index in [4.69, 9.17) is 5.11 Å². The number of nitrogens with zero attached hydrogens (tertiary/aromatic N) is 2. The molecule has 2 rings (SSSR count). The molecule has 0 aliphatic rings. The standard InChI is InChI=1S/C14H14F3N3O4S/c1-3-20-12(14(15,16)17)11(7-18-20)19-25(23,24)9-4-5-10(13(21)22)8(2)6-9/h4-7,19H,3H2,1-2H3,(H,21,22). The zero-order valence-corrected chi connectivity index (χ0v) is 13.9. The minimum Gasteiger partial charge on any atom is -0.478 e. The van der Waals surface area contributed by atoms with Gasteiger partial charge in [0.25, 0.3) is 10.0 Å². The lowest BCUT2D eigenvalue weighted by Crippen LogP contribution is -2.19. The normalized spacial score (nSPS) is 12.2. The Balaban J connectivity index is 2.45. The number of carbonyl (C=O) groups is 1. The van der Waals surface area contributed by atoms with E-state index < -0.39 is 33.6 Å². The quantitative estimate of drug-likeness (QED) is 0.834. The molecule has 0 saturated carbocycles. The molecule has 0 aliphatic carbocycles. The number of halogens is 3. The van der Waals surface area contributed by atoms with Gasteiger partial charge in [-0.2, -0.15) is 18.3 Å². The summed E-state index contributed by atoms with van der Waals surface area (Å²) in [6, 6.07) is 3.16. The first-order valence-electron chi connectivity index (χ1n) is 6.97. The SMILES string of the molecule is CCn1ncc(NS(=O)(=O)c2ccc(C(=O)O)c(C)c2)c1C(F)(F)F. The third-order valence-corrected chi connectivity index (χ3v) is 4.75. The number of carboxylic acid groups (broad SMARTS) is 1. The summed E-state index contributed by atoms with van der Waals surface area (Å²) in [5.74, 6) is -1.24. The molecule has 0 aliphatic heterocycles. The summed E-state index contributed by atoms with van der Waals surface area (Å²) in [6.07, 6.45) is -4.02. The van der Waals surface area contributed by atoms with Crippen LogP contribution < -0.4 is 4.72 Å². The Bertz CT molecular complexity index is 920. The molecule has 25 heavy (non-hydrogen) atoms. The third-order valence-electron chi connectivity index (χ3n) is 3.39. The highest BCUT2D eigenvalue weighted by atomic mass is 32.2. The lowest BCUT2D eigenvalue weighted by Gasteiger charge is -2.13. The number of alkyl halides is 3. The van der Waals surface area contributed by atoms with Gasteiger partial charge < -0.3 is 5.11 Å². The average Bonchev–Trinajstić information content (AvgIpc) is 2.88. The number of aryl methyl sites for hydroxylation is 2. The van der Waals surface area contributed by atoms with Crippen molar-refractivity contribution in [2.24, 2.45) is 0 Å². The molecular formula is C14H14F3N3O4S. The number of sulfonamides is 1. The van der Waals surface area contributed by atoms with E-state index in [1.54, 1.807) is 0 Å². The van der Waals surface area contributed by atoms with E-state index in [2.05, 4.69) is 5.10 Å². The Hall–Kier alpha value is -2.56. The molecule has 0 spiro atoms. The summed E-state index contributed by atoms with van der Waals surface area (Å²) in [7, 11) is -4.35. The number of nitrogens with one attached hydrogen (secondary N) is 1. The molecule has 0 unspecified atom stereocenters. The molecule has 1 aromatic heterocycles. The van der Waals surface area contributed by atoms with Crippen molar-refractivity contribution in [1.82, 2.24) is 9.78 Å². The van der Waals surface area contributed by atoms with Crippen LogP contribution in [0, 0.1) is 6.92 Å². The first-order valence-corrected chi connectivity index (χ1v) is 8.45. The Labute approximate surface area is 141 Å². The van der Waals surface area contributed by atoms with E-state index in [1.807, 2.05) is 4.72 Å². The Morgan fingerprint density at radius 1 is 1.36 bits per heavy atom. The summed E-state index contributed by atoms with van der Waals surface area (Å²) in [6.45, 7) is 2.73. The van der Waals surface area contributed by atoms with Gasteiger partial charge in [-0.25, -0.2) is 13.2 Å². The number of aromatic nitrogens is 2. The maximum Gasteiger partial charge on any atom is 0.435 e. The van der Waals surface area contributed by atoms with Gasteiger partial charge in [-0.15, -0.1) is 0 Å². The van der Waals surface area contributed by atoms with Crippen molar-refractivity contribution in [2.75, 3.05) is 4.72 Å². The minimum atomic E-state index is -4.80. The number of hydrogen-bond acceptors (Lipinski definition) is 4. The van der Waals surface area contributed by atoms with Crippen molar-refractivity contribution in [3.05, 3.63) is 41.2 Å². The van der Waals surface area contributed by atoms with Gasteiger partial charge in [-0.3, -0.25) is 9.40 Å². The van der Waals surface area contributed by atoms with Crippen LogP contribution in [0.15, 0.2) is 29.3 Å². The zero-order valence-electron chi connectivity index (χ0n) is 13.1. The van der Waals surface area contributed by atoms with Crippen LogP contribution in [0.1, 0.15) is 28.5 Å². The second-order valence-electron chi connectivity index (χ2n) is 5.11. The zero-order chi connectivity index (χ0) is 19.0. The molecule has 0 atom stereocenters. The van der Waals surface area contributed by atoms with Crippen LogP contribution in [0.25, 0.3) is 0 Å². The largest absolute Gasteiger partial charge is 0.478 e. The van der Waals surface area contributed by atoms with Crippen LogP contribution in [0.5, 0.6) is 0 Å². The van der Waals surface area contributed by atoms with E-state index in [1.165, 1.54) is 13.8 Å². The van der Waals surface area contributed by atoms with Gasteiger partial charge in [0.2, 0.25) is 0 Å². The maximum atomic E-state index is 13.2. The van der Waals surface area contributed by atoms with Crippen LogP contribution in [0.2, 0.25) is 0 Å². The Morgan fingerprint density at radius 3 is 2.48 bits per heavy atom. The molecule has 2 aromatic rings. The third kappa shape index (κ3) is 3.76. The molecule has 136 valence electrons. The van der Waals surface area contributed by atoms with E-state index in [-0.39, 0.29) is 22.6 Å². The van der Waals surface area contributed by atoms with Crippen molar-refractivity contribution < 1.29 is 31.5 Å². The molecule has 1 heterocycles. The van der Waals surface area contributed by atoms with Gasteiger partial charge >= 0.3 is 12.1 Å². The Morgan fingerprint density at radius 2 is 2.00 bits per heavy atom. The van der Waals surface area contributed by atoms with Crippen molar-refractivity contribution in [3.63, 3.8) is 0 Å². The lowest BCUT2D eigenvalue weighted by molar-refractivity contribution is -0.143. The topological polar surface area (TPSA) is 101 Å². The highest BCUT2D eigenvalue weighted by Crippen LogP contribution is 2.35. The van der Waals surface area contributed by atoms with Crippen LogP contribution in [-0.4, -0.2) is 29.3 Å². The number of aromatic carboxylic acids is 1. The first kappa shape index (κ1) is 18.8. The fourth-order valence-corrected chi connectivity index (χ4v) is 3.38. The predicted molar refractivity (Wildman–Crippen MR) is 81.8 cm³/mol. The number of benzene rings is 1. The predicted octanol–water partition coefficient (Wildman–Crippen LogP) is 2.73. The van der Waals surface area contributed by atoms with E-state index in [0.717, 1.165) is 24.4 Å². The van der Waals surface area contributed by atoms with Crippen molar-refractivity contribution in [1.29, 1.82) is 0 Å². The highest BCUT2D eigenvalue weighted by Gasteiger charge is 2.39. The molecule has 0 radical (unpaired) electrons. The van der Waals surface area contributed by atoms with Gasteiger partial charge in [0.05, 0.1) is 22.3 Å². The van der Waals surface area contributed by atoms with E-state index in [9.17, 15) is 26.4 Å². The van der Waals surface area contributed by atoms with Gasteiger partial charge in [-0.05, 0) is 37.6 Å². The molecule has 7 nitrogen and oxygen atoms in total. The molecule has 0 saturated heterocycles. The van der Waals surface area contributed by atoms with Gasteiger partial charge in [0.15, 0.2) is 5.69 Å². The van der Waals surface area contributed by atoms with Gasteiger partial charge in [-0.1, -0.05) is 0 Å². The molecular weight excluding hydrogens is 363 g/mol. The number of anilines is 1. The molecule has 1 aromatic carbocycles.